The van der Waals surface area contributed by atoms with Crippen LogP contribution in [0.3, 0.4) is 0 Å². The molecule has 1 amide bonds. The van der Waals surface area contributed by atoms with Gasteiger partial charge in [-0.3, -0.25) is 9.48 Å². The summed E-state index contributed by atoms with van der Waals surface area (Å²) in [6.07, 6.45) is 4.54. The Kier molecular flexibility index (Phi) is 4.09. The number of rotatable bonds is 3. The number of nitrogens with one attached hydrogen (secondary N) is 1. The van der Waals surface area contributed by atoms with E-state index < -0.39 is 0 Å². The van der Waals surface area contributed by atoms with E-state index >= 15 is 0 Å². The van der Waals surface area contributed by atoms with Crippen LogP contribution in [0.2, 0.25) is 0 Å². The van der Waals surface area contributed by atoms with Crippen LogP contribution in [0.5, 0.6) is 0 Å². The molecule has 28 heavy (non-hydrogen) atoms. The lowest BCUT2D eigenvalue weighted by molar-refractivity contribution is -0.115. The fourth-order valence-electron chi connectivity index (χ4n) is 3.66. The highest BCUT2D eigenvalue weighted by atomic mass is 32.1. The van der Waals surface area contributed by atoms with Gasteiger partial charge in [0, 0.05) is 31.4 Å². The van der Waals surface area contributed by atoms with Gasteiger partial charge in [-0.2, -0.15) is 5.10 Å². The van der Waals surface area contributed by atoms with Gasteiger partial charge in [-0.1, -0.05) is 0 Å². The molecule has 9 nitrogen and oxygen atoms in total. The van der Waals surface area contributed by atoms with E-state index in [9.17, 15) is 4.79 Å². The summed E-state index contributed by atoms with van der Waals surface area (Å²) in [7, 11) is 1.87. The Hall–Kier alpha value is -2.85. The Balaban J connectivity index is 1.65. The van der Waals surface area contributed by atoms with Gasteiger partial charge in [-0.15, -0.1) is 11.3 Å². The van der Waals surface area contributed by atoms with Gasteiger partial charge in [0.25, 0.3) is 0 Å². The summed E-state index contributed by atoms with van der Waals surface area (Å²) in [6, 6.07) is 0.138. The number of nitrogens with zero attached hydrogens (tertiary/aromatic N) is 6. The zero-order chi connectivity index (χ0) is 19.3. The zero-order valence-corrected chi connectivity index (χ0v) is 16.4. The maximum absolute atomic E-state index is 12.2. The molecule has 144 valence electrons. The van der Waals surface area contributed by atoms with Crippen molar-refractivity contribution in [3.8, 4) is 22.1 Å². The van der Waals surface area contributed by atoms with Crippen LogP contribution in [0, 0.1) is 6.92 Å². The van der Waals surface area contributed by atoms with Crippen molar-refractivity contribution in [2.45, 2.75) is 19.4 Å². The van der Waals surface area contributed by atoms with Gasteiger partial charge in [0.2, 0.25) is 5.91 Å². The Labute approximate surface area is 165 Å². The lowest BCUT2D eigenvalue weighted by Crippen LogP contribution is -2.46. The van der Waals surface area contributed by atoms with Gasteiger partial charge in [-0.25, -0.2) is 15.0 Å². The second-order valence-electron chi connectivity index (χ2n) is 6.93. The van der Waals surface area contributed by atoms with Crippen LogP contribution in [-0.4, -0.2) is 56.4 Å². The van der Waals surface area contributed by atoms with Crippen molar-refractivity contribution < 1.29 is 9.53 Å². The van der Waals surface area contributed by atoms with Crippen LogP contribution in [0.25, 0.3) is 22.1 Å². The first-order valence-corrected chi connectivity index (χ1v) is 9.95. The van der Waals surface area contributed by atoms with Crippen molar-refractivity contribution in [1.82, 2.24) is 24.7 Å². The molecule has 1 atom stereocenters. The third kappa shape index (κ3) is 2.85. The topological polar surface area (TPSA) is 98.1 Å². The number of aryl methyl sites for hydroxylation is 2. The predicted octanol–water partition coefficient (Wildman–Crippen LogP) is 1.86. The number of thiazole rings is 1. The molecule has 1 N–H and O–H groups in total. The molecule has 0 radical (unpaired) electrons. The number of aromatic nitrogens is 5. The number of amides is 1. The largest absolute Gasteiger partial charge is 0.379 e. The standard InChI is InChI=1S/C18H19N7O2S/c1-10-14-17(25(8-13(26)21-14)11-3-5-27-9-11)22-16(20-10)12-7-24(2)23-15(12)18-19-4-6-28-18/h4,6-7,11H,3,5,8-9H2,1-2H3,(H,21,26). The molecule has 2 aliphatic heterocycles. The lowest BCUT2D eigenvalue weighted by atomic mass is 10.1. The minimum Gasteiger partial charge on any atom is -0.379 e. The lowest BCUT2D eigenvalue weighted by Gasteiger charge is -2.34. The maximum atomic E-state index is 12.2. The van der Waals surface area contributed by atoms with Crippen LogP contribution < -0.4 is 10.2 Å². The number of carbonyl (C=O) groups is 1. The van der Waals surface area contributed by atoms with Gasteiger partial charge in [0.1, 0.15) is 16.4 Å². The number of ether oxygens (including phenoxy) is 1. The zero-order valence-electron chi connectivity index (χ0n) is 15.5. The molecular weight excluding hydrogens is 378 g/mol. The first-order chi connectivity index (χ1) is 13.6. The summed E-state index contributed by atoms with van der Waals surface area (Å²) in [5, 5.41) is 10.2. The molecule has 0 bridgehead atoms. The number of carbonyl (C=O) groups excluding carboxylic acids is 1. The first-order valence-electron chi connectivity index (χ1n) is 9.07. The molecule has 5 rings (SSSR count). The summed E-state index contributed by atoms with van der Waals surface area (Å²) < 4.78 is 7.28. The minimum absolute atomic E-state index is 0.0521. The number of hydrogen-bond donors (Lipinski definition) is 1. The van der Waals surface area contributed by atoms with E-state index in [0.717, 1.165) is 34.2 Å². The molecule has 3 aromatic heterocycles. The quantitative estimate of drug-likeness (QED) is 0.720. The third-order valence-electron chi connectivity index (χ3n) is 4.97. The molecular formula is C18H19N7O2S. The summed E-state index contributed by atoms with van der Waals surface area (Å²) in [4.78, 5) is 28.2. The Morgan fingerprint density at radius 2 is 2.25 bits per heavy atom. The van der Waals surface area contributed by atoms with E-state index in [1.807, 2.05) is 30.4 Å². The van der Waals surface area contributed by atoms with Gasteiger partial charge in [0.05, 0.1) is 30.5 Å². The van der Waals surface area contributed by atoms with Crippen LogP contribution in [-0.2, 0) is 16.6 Å². The van der Waals surface area contributed by atoms with E-state index in [4.69, 9.17) is 9.72 Å². The van der Waals surface area contributed by atoms with Gasteiger partial charge < -0.3 is 15.0 Å². The average Bonchev–Trinajstić information content (AvgIpc) is 3.43. The maximum Gasteiger partial charge on any atom is 0.244 e. The average molecular weight is 397 g/mol. The van der Waals surface area contributed by atoms with Crippen molar-refractivity contribution in [1.29, 1.82) is 0 Å². The molecule has 5 heterocycles. The van der Waals surface area contributed by atoms with E-state index in [1.54, 1.807) is 10.9 Å². The minimum atomic E-state index is -0.0521. The summed E-state index contributed by atoms with van der Waals surface area (Å²) in [5.74, 6) is 1.27. The van der Waals surface area contributed by atoms with Crippen LogP contribution in [0.15, 0.2) is 17.8 Å². The molecule has 0 aromatic carbocycles. The monoisotopic (exact) mass is 397 g/mol. The van der Waals surface area contributed by atoms with Gasteiger partial charge in [-0.05, 0) is 13.3 Å². The van der Waals surface area contributed by atoms with E-state index in [1.165, 1.54) is 11.3 Å². The molecule has 0 spiro atoms. The third-order valence-corrected chi connectivity index (χ3v) is 5.75. The van der Waals surface area contributed by atoms with Crippen molar-refractivity contribution >= 4 is 28.7 Å². The molecule has 3 aromatic rings. The highest BCUT2D eigenvalue weighted by molar-refractivity contribution is 7.13. The Morgan fingerprint density at radius 1 is 1.36 bits per heavy atom. The molecule has 1 unspecified atom stereocenters. The van der Waals surface area contributed by atoms with Crippen molar-refractivity contribution in [2.24, 2.45) is 7.05 Å². The van der Waals surface area contributed by atoms with E-state index in [0.29, 0.717) is 24.7 Å². The number of hydrogen-bond acceptors (Lipinski definition) is 8. The van der Waals surface area contributed by atoms with Crippen LogP contribution in [0.1, 0.15) is 12.1 Å². The van der Waals surface area contributed by atoms with Crippen molar-refractivity contribution in [3.63, 3.8) is 0 Å². The molecule has 1 saturated heterocycles. The molecule has 0 saturated carbocycles. The Morgan fingerprint density at radius 3 is 3.00 bits per heavy atom. The fourth-order valence-corrected chi connectivity index (χ4v) is 4.30. The number of anilines is 2. The molecule has 0 aliphatic carbocycles. The fraction of sp³-hybridized carbons (Fsp3) is 0.389. The van der Waals surface area contributed by atoms with E-state index in [-0.39, 0.29) is 18.5 Å². The van der Waals surface area contributed by atoms with Crippen molar-refractivity contribution in [3.05, 3.63) is 23.5 Å². The van der Waals surface area contributed by atoms with Crippen LogP contribution in [0.4, 0.5) is 11.5 Å². The van der Waals surface area contributed by atoms with E-state index in [2.05, 4.69) is 20.4 Å². The summed E-state index contributed by atoms with van der Waals surface area (Å²) in [5.41, 5.74) is 2.98. The smallest absolute Gasteiger partial charge is 0.244 e. The first kappa shape index (κ1) is 17.3. The summed E-state index contributed by atoms with van der Waals surface area (Å²) in [6.45, 7) is 3.45. The highest BCUT2D eigenvalue weighted by Crippen LogP contribution is 2.37. The SMILES string of the molecule is Cc1nc(-c2cn(C)nc2-c2nccs2)nc2c1NC(=O)CN2C1CCOC1. The Bertz CT molecular complexity index is 1040. The highest BCUT2D eigenvalue weighted by Gasteiger charge is 2.33. The normalized spacial score (nSPS) is 19.0. The van der Waals surface area contributed by atoms with Crippen LogP contribution >= 0.6 is 11.3 Å². The summed E-state index contributed by atoms with van der Waals surface area (Å²) >= 11 is 1.53. The predicted molar refractivity (Wildman–Crippen MR) is 105 cm³/mol. The van der Waals surface area contributed by atoms with Crippen molar-refractivity contribution in [2.75, 3.05) is 30.0 Å². The second-order valence-corrected chi connectivity index (χ2v) is 7.82. The molecule has 2 aliphatic rings. The number of fused-ring (bicyclic) bond motifs is 1. The molecule has 1 fully saturated rings. The second kappa shape index (κ2) is 6.64. The molecule has 10 heteroatoms. The van der Waals surface area contributed by atoms with Gasteiger partial charge in [0.15, 0.2) is 11.6 Å². The van der Waals surface area contributed by atoms with Gasteiger partial charge >= 0.3 is 0 Å².